The Hall–Kier alpha value is -3.03. The van der Waals surface area contributed by atoms with Crippen LogP contribution in [0.3, 0.4) is 0 Å². The number of piperidine rings is 1. The summed E-state index contributed by atoms with van der Waals surface area (Å²) in [6, 6.07) is 14.2. The van der Waals surface area contributed by atoms with Gasteiger partial charge in [-0.2, -0.15) is 5.10 Å². The maximum Gasteiger partial charge on any atom is 0.323 e. The van der Waals surface area contributed by atoms with Gasteiger partial charge in [0.25, 0.3) is 0 Å². The highest BCUT2D eigenvalue weighted by molar-refractivity contribution is 6.30. The number of aryl methyl sites for hydroxylation is 1. The molecule has 1 aliphatic heterocycles. The Morgan fingerprint density at radius 3 is 2.63 bits per heavy atom. The third kappa shape index (κ3) is 4.93. The predicted octanol–water partition coefficient (Wildman–Crippen LogP) is 4.52. The molecule has 1 atom stereocenters. The smallest absolute Gasteiger partial charge is 0.323 e. The number of carbonyl (C=O) groups excluding carboxylic acids is 1. The lowest BCUT2D eigenvalue weighted by atomic mass is 10.1. The van der Waals surface area contributed by atoms with Gasteiger partial charge in [-0.3, -0.25) is 4.68 Å². The average molecular weight is 426 g/mol. The van der Waals surface area contributed by atoms with Crippen molar-refractivity contribution in [2.75, 3.05) is 23.7 Å². The highest BCUT2D eigenvalue weighted by Crippen LogP contribution is 2.33. The second kappa shape index (κ2) is 9.19. The maximum absolute atomic E-state index is 12.4. The predicted molar refractivity (Wildman–Crippen MR) is 119 cm³/mol. The van der Waals surface area contributed by atoms with Gasteiger partial charge in [0.15, 0.2) is 0 Å². The molecule has 1 saturated heterocycles. The zero-order chi connectivity index (χ0) is 20.9. The van der Waals surface area contributed by atoms with Gasteiger partial charge in [-0.15, -0.1) is 0 Å². The Labute approximate surface area is 180 Å². The molecule has 3 N–H and O–H groups in total. The van der Waals surface area contributed by atoms with Crippen LogP contribution in [-0.2, 0) is 7.05 Å². The second-order valence-corrected chi connectivity index (χ2v) is 7.66. The molecule has 1 unspecified atom stereocenters. The van der Waals surface area contributed by atoms with Crippen molar-refractivity contribution in [3.8, 4) is 17.0 Å². The molecule has 2 aromatic carbocycles. The number of rotatable bonds is 5. The molecule has 4 rings (SSSR count). The van der Waals surface area contributed by atoms with Gasteiger partial charge in [-0.25, -0.2) is 4.79 Å². The average Bonchev–Trinajstić information content (AvgIpc) is 3.17. The quantitative estimate of drug-likeness (QED) is 0.561. The SMILES string of the molecule is Cn1nccc1-c1cc(NC(=O)Nc2ccc(Cl)cc2)ccc1OC1CCCNC1. The minimum Gasteiger partial charge on any atom is -0.488 e. The topological polar surface area (TPSA) is 80.2 Å². The first-order valence-corrected chi connectivity index (χ1v) is 10.3. The van der Waals surface area contributed by atoms with Gasteiger partial charge in [-0.1, -0.05) is 11.6 Å². The molecule has 0 bridgehead atoms. The number of anilines is 2. The summed E-state index contributed by atoms with van der Waals surface area (Å²) in [5, 5.41) is 13.9. The van der Waals surface area contributed by atoms with E-state index in [-0.39, 0.29) is 12.1 Å². The number of ether oxygens (including phenoxy) is 1. The standard InChI is InChI=1S/C22H24ClN5O2/c1-28-20(10-12-25-28)19-13-17(8-9-21(19)30-18-3-2-11-24-14-18)27-22(29)26-16-6-4-15(23)5-7-16/h4-10,12-13,18,24H,2-3,11,14H2,1H3,(H2,26,27,29). The molecule has 1 aromatic heterocycles. The number of aromatic nitrogens is 2. The first-order chi connectivity index (χ1) is 14.6. The van der Waals surface area contributed by atoms with Crippen molar-refractivity contribution in [1.82, 2.24) is 15.1 Å². The Morgan fingerprint density at radius 1 is 1.17 bits per heavy atom. The molecule has 2 heterocycles. The molecule has 1 fully saturated rings. The van der Waals surface area contributed by atoms with Crippen LogP contribution < -0.4 is 20.7 Å². The normalized spacial score (nSPS) is 16.1. The van der Waals surface area contributed by atoms with Crippen LogP contribution in [0.2, 0.25) is 5.02 Å². The Kier molecular flexibility index (Phi) is 6.21. The molecule has 8 heteroatoms. The molecule has 30 heavy (non-hydrogen) atoms. The molecule has 2 amide bonds. The molecule has 0 spiro atoms. The molecule has 0 saturated carbocycles. The summed E-state index contributed by atoms with van der Waals surface area (Å²) in [5.74, 6) is 0.774. The van der Waals surface area contributed by atoms with Crippen LogP contribution in [0.15, 0.2) is 54.7 Å². The first-order valence-electron chi connectivity index (χ1n) is 9.92. The number of nitrogens with zero attached hydrogens (tertiary/aromatic N) is 2. The first kappa shape index (κ1) is 20.3. The number of nitrogens with one attached hydrogen (secondary N) is 3. The number of hydrogen-bond acceptors (Lipinski definition) is 4. The summed E-state index contributed by atoms with van der Waals surface area (Å²) in [5.41, 5.74) is 3.11. The van der Waals surface area contributed by atoms with Crippen LogP contribution in [-0.4, -0.2) is 35.0 Å². The van der Waals surface area contributed by atoms with E-state index in [1.54, 1.807) is 35.1 Å². The lowest BCUT2D eigenvalue weighted by molar-refractivity contribution is 0.168. The minimum absolute atomic E-state index is 0.123. The van der Waals surface area contributed by atoms with E-state index >= 15 is 0 Å². The summed E-state index contributed by atoms with van der Waals surface area (Å²) in [6.07, 6.45) is 3.98. The van der Waals surface area contributed by atoms with Crippen molar-refractivity contribution < 1.29 is 9.53 Å². The van der Waals surface area contributed by atoms with Gasteiger partial charge in [0.1, 0.15) is 11.9 Å². The van der Waals surface area contributed by atoms with E-state index in [4.69, 9.17) is 16.3 Å². The molecule has 7 nitrogen and oxygen atoms in total. The molecule has 1 aliphatic rings. The van der Waals surface area contributed by atoms with E-state index in [0.29, 0.717) is 16.4 Å². The van der Waals surface area contributed by atoms with Crippen molar-refractivity contribution in [2.24, 2.45) is 7.05 Å². The Morgan fingerprint density at radius 2 is 1.93 bits per heavy atom. The van der Waals surface area contributed by atoms with Crippen molar-refractivity contribution in [2.45, 2.75) is 18.9 Å². The summed E-state index contributed by atoms with van der Waals surface area (Å²) in [4.78, 5) is 12.4. The van der Waals surface area contributed by atoms with Crippen LogP contribution in [0.4, 0.5) is 16.2 Å². The summed E-state index contributed by atoms with van der Waals surface area (Å²) in [6.45, 7) is 1.86. The van der Waals surface area contributed by atoms with E-state index in [1.807, 2.05) is 31.3 Å². The lowest BCUT2D eigenvalue weighted by Gasteiger charge is -2.25. The number of urea groups is 1. The van der Waals surface area contributed by atoms with Crippen LogP contribution in [0.25, 0.3) is 11.3 Å². The molecule has 0 radical (unpaired) electrons. The fourth-order valence-corrected chi connectivity index (χ4v) is 3.60. The number of benzene rings is 2. The van der Waals surface area contributed by atoms with Gasteiger partial charge in [0.05, 0.1) is 5.69 Å². The fourth-order valence-electron chi connectivity index (χ4n) is 3.48. The number of amides is 2. The van der Waals surface area contributed by atoms with Gasteiger partial charge >= 0.3 is 6.03 Å². The number of hydrogen-bond donors (Lipinski definition) is 3. The second-order valence-electron chi connectivity index (χ2n) is 7.22. The zero-order valence-electron chi connectivity index (χ0n) is 16.7. The van der Waals surface area contributed by atoms with E-state index in [2.05, 4.69) is 21.0 Å². The summed E-state index contributed by atoms with van der Waals surface area (Å²) >= 11 is 5.89. The Bertz CT molecular complexity index is 1010. The van der Waals surface area contributed by atoms with Crippen molar-refractivity contribution in [3.63, 3.8) is 0 Å². The molecule has 0 aliphatic carbocycles. The van der Waals surface area contributed by atoms with Crippen LogP contribution in [0.5, 0.6) is 5.75 Å². The van der Waals surface area contributed by atoms with Crippen LogP contribution >= 0.6 is 11.6 Å². The van der Waals surface area contributed by atoms with Crippen molar-refractivity contribution in [1.29, 1.82) is 0 Å². The molecular formula is C22H24ClN5O2. The maximum atomic E-state index is 12.4. The van der Waals surface area contributed by atoms with Gasteiger partial charge < -0.3 is 20.7 Å². The van der Waals surface area contributed by atoms with Crippen molar-refractivity contribution >= 4 is 29.0 Å². The highest BCUT2D eigenvalue weighted by atomic mass is 35.5. The number of halogens is 1. The van der Waals surface area contributed by atoms with E-state index < -0.39 is 0 Å². The fraction of sp³-hybridized carbons (Fsp3) is 0.273. The van der Waals surface area contributed by atoms with Gasteiger partial charge in [0.2, 0.25) is 0 Å². The largest absolute Gasteiger partial charge is 0.488 e. The van der Waals surface area contributed by atoms with Crippen molar-refractivity contribution in [3.05, 3.63) is 59.8 Å². The van der Waals surface area contributed by atoms with Crippen LogP contribution in [0, 0.1) is 0 Å². The Balaban J connectivity index is 1.54. The molecule has 156 valence electrons. The summed E-state index contributed by atoms with van der Waals surface area (Å²) in [7, 11) is 1.88. The third-order valence-electron chi connectivity index (χ3n) is 4.98. The zero-order valence-corrected chi connectivity index (χ0v) is 17.4. The van der Waals surface area contributed by atoms with Gasteiger partial charge in [0, 0.05) is 41.8 Å². The monoisotopic (exact) mass is 425 g/mol. The van der Waals surface area contributed by atoms with E-state index in [0.717, 1.165) is 42.9 Å². The number of carbonyl (C=O) groups is 1. The van der Waals surface area contributed by atoms with Crippen LogP contribution in [0.1, 0.15) is 12.8 Å². The third-order valence-corrected chi connectivity index (χ3v) is 5.23. The minimum atomic E-state index is -0.335. The molecular weight excluding hydrogens is 402 g/mol. The molecule has 3 aromatic rings. The van der Waals surface area contributed by atoms with E-state index in [1.165, 1.54) is 0 Å². The van der Waals surface area contributed by atoms with Gasteiger partial charge in [-0.05, 0) is 67.9 Å². The highest BCUT2D eigenvalue weighted by Gasteiger charge is 2.18. The lowest BCUT2D eigenvalue weighted by Crippen LogP contribution is -2.37. The summed E-state index contributed by atoms with van der Waals surface area (Å²) < 4.78 is 8.08. The van der Waals surface area contributed by atoms with E-state index in [9.17, 15) is 4.79 Å².